The van der Waals surface area contributed by atoms with E-state index in [0.29, 0.717) is 5.41 Å². The van der Waals surface area contributed by atoms with Gasteiger partial charge in [-0.2, -0.15) is 0 Å². The number of nitrogens with two attached hydrogens (primary N) is 1. The largest absolute Gasteiger partial charge is 0.497 e. The normalized spacial score (nSPS) is 15.1. The fourth-order valence-corrected chi connectivity index (χ4v) is 1.75. The number of ether oxygens (including phenoxy) is 2. The molecule has 0 heterocycles. The molecule has 2 unspecified atom stereocenters. The van der Waals surface area contributed by atoms with Crippen molar-refractivity contribution in [1.82, 2.24) is 0 Å². The zero-order chi connectivity index (χ0) is 14.5. The third-order valence-electron chi connectivity index (χ3n) is 3.24. The summed E-state index contributed by atoms with van der Waals surface area (Å²) in [6.07, 6.45) is 1.04. The van der Waals surface area contributed by atoms with E-state index in [1.54, 1.807) is 7.11 Å². The molecule has 0 aliphatic carbocycles. The van der Waals surface area contributed by atoms with E-state index >= 15 is 0 Å². The summed E-state index contributed by atoms with van der Waals surface area (Å²) in [5.41, 5.74) is 7.58. The molecule has 0 fully saturated rings. The highest BCUT2D eigenvalue weighted by atomic mass is 16.5. The maximum atomic E-state index is 6.21. The van der Waals surface area contributed by atoms with Crippen LogP contribution < -0.4 is 10.5 Å². The highest BCUT2D eigenvalue weighted by Gasteiger charge is 2.17. The Morgan fingerprint density at radius 3 is 2.21 bits per heavy atom. The van der Waals surface area contributed by atoms with Gasteiger partial charge >= 0.3 is 0 Å². The summed E-state index contributed by atoms with van der Waals surface area (Å²) in [5.74, 6) is 0.845. The van der Waals surface area contributed by atoms with Gasteiger partial charge in [0.2, 0.25) is 0 Å². The molecule has 0 amide bonds. The molecule has 2 N–H and O–H groups in total. The molecular weight excluding hydrogens is 238 g/mol. The van der Waals surface area contributed by atoms with Gasteiger partial charge in [-0.1, -0.05) is 32.9 Å². The molecule has 2 atom stereocenters. The van der Waals surface area contributed by atoms with E-state index in [1.807, 2.05) is 31.2 Å². The fraction of sp³-hybridized carbons (Fsp3) is 0.625. The first-order chi connectivity index (χ1) is 8.83. The molecule has 0 aromatic heterocycles. The minimum absolute atomic E-state index is 0.00995. The molecule has 1 aromatic carbocycles. The Bertz CT molecular complexity index is 367. The molecule has 0 aliphatic rings. The van der Waals surface area contributed by atoms with Crippen molar-refractivity contribution in [3.63, 3.8) is 0 Å². The van der Waals surface area contributed by atoms with E-state index in [4.69, 9.17) is 15.2 Å². The number of methoxy groups -OCH3 is 1. The van der Waals surface area contributed by atoms with Gasteiger partial charge in [0.25, 0.3) is 0 Å². The zero-order valence-electron chi connectivity index (χ0n) is 12.8. The maximum Gasteiger partial charge on any atom is 0.118 e. The molecule has 0 saturated heterocycles. The summed E-state index contributed by atoms with van der Waals surface area (Å²) >= 11 is 0. The molecule has 3 nitrogen and oxygen atoms in total. The molecule has 0 saturated carbocycles. The van der Waals surface area contributed by atoms with Gasteiger partial charge in [0, 0.05) is 6.61 Å². The first kappa shape index (κ1) is 16.0. The van der Waals surface area contributed by atoms with Crippen LogP contribution in [0.15, 0.2) is 24.3 Å². The maximum absolute atomic E-state index is 6.21. The van der Waals surface area contributed by atoms with Crippen LogP contribution >= 0.6 is 0 Å². The van der Waals surface area contributed by atoms with Gasteiger partial charge in [-0.15, -0.1) is 0 Å². The van der Waals surface area contributed by atoms with E-state index < -0.39 is 0 Å². The molecule has 0 radical (unpaired) electrons. The number of hydrogen-bond acceptors (Lipinski definition) is 3. The summed E-state index contributed by atoms with van der Waals surface area (Å²) in [7, 11) is 1.66. The van der Waals surface area contributed by atoms with Crippen molar-refractivity contribution >= 4 is 0 Å². The summed E-state index contributed by atoms with van der Waals surface area (Å²) in [5, 5.41) is 0. The molecule has 3 heteroatoms. The summed E-state index contributed by atoms with van der Waals surface area (Å²) in [4.78, 5) is 0. The van der Waals surface area contributed by atoms with Gasteiger partial charge in [0.1, 0.15) is 5.75 Å². The SMILES string of the molecule is COc1ccc(C(N)C(C)OCCC(C)(C)C)cc1. The standard InChI is InChI=1S/C16H27NO2/c1-12(19-11-10-16(2,3)4)15(17)13-6-8-14(18-5)9-7-13/h6-9,12,15H,10-11,17H2,1-5H3. The Labute approximate surface area is 117 Å². The lowest BCUT2D eigenvalue weighted by Gasteiger charge is -2.24. The molecule has 1 aromatic rings. The molecular formula is C16H27NO2. The van der Waals surface area contributed by atoms with Crippen LogP contribution in [0.5, 0.6) is 5.75 Å². The average molecular weight is 265 g/mol. The highest BCUT2D eigenvalue weighted by molar-refractivity contribution is 5.29. The highest BCUT2D eigenvalue weighted by Crippen LogP contribution is 2.22. The van der Waals surface area contributed by atoms with E-state index in [0.717, 1.165) is 24.3 Å². The van der Waals surface area contributed by atoms with Crippen LogP contribution in [0.25, 0.3) is 0 Å². The summed E-state index contributed by atoms with van der Waals surface area (Å²) < 4.78 is 11.0. The van der Waals surface area contributed by atoms with Gasteiger partial charge in [-0.25, -0.2) is 0 Å². The Morgan fingerprint density at radius 1 is 1.16 bits per heavy atom. The third-order valence-corrected chi connectivity index (χ3v) is 3.24. The van der Waals surface area contributed by atoms with Crippen molar-refractivity contribution in [2.75, 3.05) is 13.7 Å². The van der Waals surface area contributed by atoms with E-state index in [2.05, 4.69) is 20.8 Å². The van der Waals surface area contributed by atoms with Crippen LogP contribution in [0.1, 0.15) is 45.7 Å². The Kier molecular flexibility index (Phi) is 5.83. The number of rotatable bonds is 6. The predicted molar refractivity (Wildman–Crippen MR) is 79.4 cm³/mol. The van der Waals surface area contributed by atoms with Crippen LogP contribution in [-0.2, 0) is 4.74 Å². The number of hydrogen-bond donors (Lipinski definition) is 1. The average Bonchev–Trinajstić information content (AvgIpc) is 2.36. The van der Waals surface area contributed by atoms with E-state index in [-0.39, 0.29) is 12.1 Å². The van der Waals surface area contributed by atoms with Crippen molar-refractivity contribution in [3.8, 4) is 5.75 Å². The van der Waals surface area contributed by atoms with Gasteiger partial charge in [0.15, 0.2) is 0 Å². The molecule has 19 heavy (non-hydrogen) atoms. The molecule has 1 rings (SSSR count). The third kappa shape index (κ3) is 5.62. The number of benzene rings is 1. The minimum Gasteiger partial charge on any atom is -0.497 e. The lowest BCUT2D eigenvalue weighted by atomic mass is 9.93. The van der Waals surface area contributed by atoms with E-state index in [9.17, 15) is 0 Å². The Hall–Kier alpha value is -1.06. The van der Waals surface area contributed by atoms with Gasteiger partial charge in [-0.3, -0.25) is 0 Å². The van der Waals surface area contributed by atoms with Gasteiger partial charge in [-0.05, 0) is 36.5 Å². The lowest BCUT2D eigenvalue weighted by molar-refractivity contribution is 0.0333. The van der Waals surface area contributed by atoms with Crippen molar-refractivity contribution < 1.29 is 9.47 Å². The monoisotopic (exact) mass is 265 g/mol. The Balaban J connectivity index is 2.49. The molecule has 0 spiro atoms. The van der Waals surface area contributed by atoms with Crippen LogP contribution in [0.2, 0.25) is 0 Å². The van der Waals surface area contributed by atoms with Crippen LogP contribution in [0.4, 0.5) is 0 Å². The smallest absolute Gasteiger partial charge is 0.118 e. The van der Waals surface area contributed by atoms with Crippen molar-refractivity contribution in [2.45, 2.75) is 46.3 Å². The first-order valence-corrected chi connectivity index (χ1v) is 6.84. The lowest BCUT2D eigenvalue weighted by Crippen LogP contribution is -2.27. The fourth-order valence-electron chi connectivity index (χ4n) is 1.75. The predicted octanol–water partition coefficient (Wildman–Crippen LogP) is 3.54. The van der Waals surface area contributed by atoms with Crippen LogP contribution in [0.3, 0.4) is 0 Å². The van der Waals surface area contributed by atoms with Crippen molar-refractivity contribution in [3.05, 3.63) is 29.8 Å². The minimum atomic E-state index is -0.106. The van der Waals surface area contributed by atoms with Crippen molar-refractivity contribution in [1.29, 1.82) is 0 Å². The Morgan fingerprint density at radius 2 is 1.74 bits per heavy atom. The van der Waals surface area contributed by atoms with E-state index in [1.165, 1.54) is 0 Å². The zero-order valence-corrected chi connectivity index (χ0v) is 12.8. The molecule has 108 valence electrons. The van der Waals surface area contributed by atoms with Crippen LogP contribution in [0, 0.1) is 5.41 Å². The molecule has 0 bridgehead atoms. The first-order valence-electron chi connectivity index (χ1n) is 6.84. The quantitative estimate of drug-likeness (QED) is 0.855. The van der Waals surface area contributed by atoms with Gasteiger partial charge in [0.05, 0.1) is 19.3 Å². The van der Waals surface area contributed by atoms with Crippen molar-refractivity contribution in [2.24, 2.45) is 11.1 Å². The summed E-state index contributed by atoms with van der Waals surface area (Å²) in [6, 6.07) is 7.74. The second-order valence-electron chi connectivity index (χ2n) is 6.19. The van der Waals surface area contributed by atoms with Crippen LogP contribution in [-0.4, -0.2) is 19.8 Å². The second kappa shape index (κ2) is 6.92. The second-order valence-corrected chi connectivity index (χ2v) is 6.19. The topological polar surface area (TPSA) is 44.5 Å². The summed E-state index contributed by atoms with van der Waals surface area (Å²) in [6.45, 7) is 9.41. The van der Waals surface area contributed by atoms with Gasteiger partial charge < -0.3 is 15.2 Å². The molecule has 0 aliphatic heterocycles.